The van der Waals surface area contributed by atoms with E-state index in [1.807, 2.05) is 18.2 Å². The summed E-state index contributed by atoms with van der Waals surface area (Å²) in [5, 5.41) is 21.0. The van der Waals surface area contributed by atoms with Gasteiger partial charge in [-0.05, 0) is 29.3 Å². The molecule has 2 heterocycles. The van der Waals surface area contributed by atoms with Crippen molar-refractivity contribution < 1.29 is 23.6 Å². The van der Waals surface area contributed by atoms with Gasteiger partial charge in [0, 0.05) is 18.2 Å². The molecular formula is C20H16N4O6. The average Bonchev–Trinajstić information content (AvgIpc) is 3.19. The largest absolute Gasteiger partial charge is 0.486 e. The fraction of sp³-hybridized carbons (Fsp3) is 0.150. The Bertz CT molecular complexity index is 1120. The van der Waals surface area contributed by atoms with Crippen LogP contribution in [0.5, 0.6) is 11.5 Å². The number of anilines is 1. The van der Waals surface area contributed by atoms with Crippen molar-refractivity contribution in [1.82, 2.24) is 10.2 Å². The van der Waals surface area contributed by atoms with Crippen molar-refractivity contribution >= 4 is 23.7 Å². The molecule has 0 radical (unpaired) electrons. The second-order valence-electron chi connectivity index (χ2n) is 6.33. The Kier molecular flexibility index (Phi) is 5.37. The number of nitro groups is 1. The summed E-state index contributed by atoms with van der Waals surface area (Å²) < 4.78 is 16.5. The van der Waals surface area contributed by atoms with Gasteiger partial charge in [0.25, 0.3) is 11.6 Å². The highest BCUT2D eigenvalue weighted by Gasteiger charge is 2.14. The van der Waals surface area contributed by atoms with E-state index in [1.165, 1.54) is 30.4 Å². The number of hydrogen-bond donors (Lipinski definition) is 1. The van der Waals surface area contributed by atoms with Crippen molar-refractivity contribution in [2.75, 3.05) is 18.5 Å². The smallest absolute Gasteiger partial charge is 0.322 e. The first-order chi connectivity index (χ1) is 14.6. The minimum absolute atomic E-state index is 0.0452. The first-order valence-corrected chi connectivity index (χ1v) is 9.01. The molecule has 0 fully saturated rings. The van der Waals surface area contributed by atoms with Crippen molar-refractivity contribution in [2.45, 2.75) is 6.42 Å². The van der Waals surface area contributed by atoms with E-state index in [-0.39, 0.29) is 11.7 Å². The number of benzene rings is 2. The van der Waals surface area contributed by atoms with Gasteiger partial charge in [0.2, 0.25) is 5.89 Å². The van der Waals surface area contributed by atoms with Crippen LogP contribution in [0.3, 0.4) is 0 Å². The molecule has 0 unspecified atom stereocenters. The van der Waals surface area contributed by atoms with E-state index in [0.29, 0.717) is 42.6 Å². The lowest BCUT2D eigenvalue weighted by Gasteiger charge is -2.18. The third-order valence-corrected chi connectivity index (χ3v) is 4.17. The zero-order chi connectivity index (χ0) is 20.9. The summed E-state index contributed by atoms with van der Waals surface area (Å²) in [7, 11) is 0. The first-order valence-electron chi connectivity index (χ1n) is 9.01. The van der Waals surface area contributed by atoms with Crippen molar-refractivity contribution in [3.63, 3.8) is 0 Å². The highest BCUT2D eigenvalue weighted by molar-refractivity contribution is 6.00. The van der Waals surface area contributed by atoms with E-state index in [2.05, 4.69) is 15.5 Å². The normalized spacial score (nSPS) is 12.7. The molecule has 0 saturated carbocycles. The molecule has 1 amide bonds. The van der Waals surface area contributed by atoms with E-state index in [1.54, 1.807) is 6.07 Å². The minimum Gasteiger partial charge on any atom is -0.486 e. The molecular weight excluding hydrogens is 392 g/mol. The summed E-state index contributed by atoms with van der Waals surface area (Å²) >= 11 is 0. The second kappa shape index (κ2) is 8.43. The van der Waals surface area contributed by atoms with Gasteiger partial charge in [0.05, 0.1) is 11.3 Å². The van der Waals surface area contributed by atoms with Crippen molar-refractivity contribution in [2.24, 2.45) is 0 Å². The van der Waals surface area contributed by atoms with Crippen LogP contribution in [0.4, 0.5) is 11.7 Å². The molecule has 0 spiro atoms. The molecule has 10 heteroatoms. The first kappa shape index (κ1) is 19.1. The summed E-state index contributed by atoms with van der Waals surface area (Å²) in [6, 6.07) is 11.4. The number of amides is 1. The lowest BCUT2D eigenvalue weighted by molar-refractivity contribution is -0.384. The molecule has 1 aliphatic heterocycles. The van der Waals surface area contributed by atoms with E-state index in [0.717, 1.165) is 5.56 Å². The Balaban J connectivity index is 1.36. The number of nitrogens with zero attached hydrogens (tertiary/aromatic N) is 3. The number of fused-ring (bicyclic) bond motifs is 1. The molecule has 0 atom stereocenters. The van der Waals surface area contributed by atoms with Gasteiger partial charge >= 0.3 is 6.01 Å². The van der Waals surface area contributed by atoms with Crippen LogP contribution in [0.1, 0.15) is 17.0 Å². The van der Waals surface area contributed by atoms with Gasteiger partial charge in [-0.2, -0.15) is 0 Å². The number of nitro benzene ring substituents is 1. The van der Waals surface area contributed by atoms with Crippen molar-refractivity contribution in [3.05, 3.63) is 75.7 Å². The number of hydrogen-bond acceptors (Lipinski definition) is 8. The van der Waals surface area contributed by atoms with Gasteiger partial charge < -0.3 is 13.9 Å². The number of rotatable bonds is 6. The van der Waals surface area contributed by atoms with Gasteiger partial charge in [-0.1, -0.05) is 23.3 Å². The van der Waals surface area contributed by atoms with Crippen molar-refractivity contribution in [3.8, 4) is 11.5 Å². The number of non-ortho nitro benzene ring substituents is 1. The molecule has 0 saturated heterocycles. The van der Waals surface area contributed by atoms with Crippen LogP contribution in [0.15, 0.2) is 53.0 Å². The quantitative estimate of drug-likeness (QED) is 0.374. The predicted molar refractivity (Wildman–Crippen MR) is 105 cm³/mol. The summed E-state index contributed by atoms with van der Waals surface area (Å²) in [4.78, 5) is 22.3. The molecule has 1 aliphatic rings. The number of nitrogens with one attached hydrogen (secondary N) is 1. The topological polar surface area (TPSA) is 130 Å². The number of aromatic nitrogens is 2. The zero-order valence-corrected chi connectivity index (χ0v) is 15.6. The van der Waals surface area contributed by atoms with E-state index >= 15 is 0 Å². The zero-order valence-electron chi connectivity index (χ0n) is 15.6. The summed E-state index contributed by atoms with van der Waals surface area (Å²) in [5.74, 6) is 1.18. The Labute approximate surface area is 170 Å². The van der Waals surface area contributed by atoms with Gasteiger partial charge in [-0.15, -0.1) is 5.10 Å². The van der Waals surface area contributed by atoms with Gasteiger partial charge in [-0.25, -0.2) is 0 Å². The summed E-state index contributed by atoms with van der Waals surface area (Å²) in [5.41, 5.74) is 1.36. The standard InChI is InChI=1S/C20H16N4O6/c25-18(7-5-13-2-1-3-15(10-13)24(26)27)21-20-23-22-19(30-20)12-14-4-6-16-17(11-14)29-9-8-28-16/h1-7,10-11H,8-9,12H2,(H,21,23,25). The van der Waals surface area contributed by atoms with Crippen LogP contribution in [0.25, 0.3) is 6.08 Å². The van der Waals surface area contributed by atoms with Crippen LogP contribution < -0.4 is 14.8 Å². The third kappa shape index (κ3) is 4.61. The highest BCUT2D eigenvalue weighted by Crippen LogP contribution is 2.31. The van der Waals surface area contributed by atoms with Crippen LogP contribution in [0, 0.1) is 10.1 Å². The SMILES string of the molecule is O=C(C=Cc1cccc([N+](=O)[O-])c1)Nc1nnc(Cc2ccc3c(c2)OCCO3)o1. The van der Waals surface area contributed by atoms with Gasteiger partial charge in [0.15, 0.2) is 11.5 Å². The maximum Gasteiger partial charge on any atom is 0.322 e. The lowest BCUT2D eigenvalue weighted by atomic mass is 10.1. The van der Waals surface area contributed by atoms with Crippen LogP contribution >= 0.6 is 0 Å². The minimum atomic E-state index is -0.504. The molecule has 4 rings (SSSR count). The molecule has 1 aromatic heterocycles. The van der Waals surface area contributed by atoms with Gasteiger partial charge in [-0.3, -0.25) is 20.2 Å². The molecule has 0 aliphatic carbocycles. The van der Waals surface area contributed by atoms with Gasteiger partial charge in [0.1, 0.15) is 13.2 Å². The monoisotopic (exact) mass is 408 g/mol. The Morgan fingerprint density at radius 1 is 1.13 bits per heavy atom. The summed E-state index contributed by atoms with van der Waals surface area (Å²) in [6.45, 7) is 1.02. The van der Waals surface area contributed by atoms with Crippen LogP contribution in [-0.4, -0.2) is 34.2 Å². The number of carbonyl (C=O) groups excluding carboxylic acids is 1. The average molecular weight is 408 g/mol. The Morgan fingerprint density at radius 2 is 1.97 bits per heavy atom. The van der Waals surface area contributed by atoms with Crippen molar-refractivity contribution in [1.29, 1.82) is 0 Å². The molecule has 10 nitrogen and oxygen atoms in total. The Hall–Kier alpha value is -4.21. The molecule has 30 heavy (non-hydrogen) atoms. The number of ether oxygens (including phenoxy) is 2. The highest BCUT2D eigenvalue weighted by atomic mass is 16.6. The molecule has 2 aromatic carbocycles. The van der Waals surface area contributed by atoms with E-state index < -0.39 is 10.8 Å². The van der Waals surface area contributed by atoms with E-state index in [4.69, 9.17) is 13.9 Å². The van der Waals surface area contributed by atoms with Crippen LogP contribution in [0.2, 0.25) is 0 Å². The molecule has 0 bridgehead atoms. The second-order valence-corrected chi connectivity index (χ2v) is 6.33. The summed E-state index contributed by atoms with van der Waals surface area (Å²) in [6.07, 6.45) is 3.04. The maximum atomic E-state index is 12.0. The number of carbonyl (C=O) groups is 1. The molecule has 3 aromatic rings. The maximum absolute atomic E-state index is 12.0. The fourth-order valence-electron chi connectivity index (χ4n) is 2.81. The molecule has 152 valence electrons. The van der Waals surface area contributed by atoms with Crippen LogP contribution in [-0.2, 0) is 11.2 Å². The predicted octanol–water partition coefficient (Wildman–Crippen LogP) is 2.99. The van der Waals surface area contributed by atoms with E-state index in [9.17, 15) is 14.9 Å². The fourth-order valence-corrected chi connectivity index (χ4v) is 2.81. The lowest BCUT2D eigenvalue weighted by Crippen LogP contribution is -2.15. The third-order valence-electron chi connectivity index (χ3n) is 4.17. The Morgan fingerprint density at radius 3 is 2.80 bits per heavy atom. The molecule has 1 N–H and O–H groups in total.